The summed E-state index contributed by atoms with van der Waals surface area (Å²) in [5.41, 5.74) is 1.76. The van der Waals surface area contributed by atoms with Gasteiger partial charge in [-0.25, -0.2) is 0 Å². The first-order valence-corrected chi connectivity index (χ1v) is 9.36. The summed E-state index contributed by atoms with van der Waals surface area (Å²) in [6.45, 7) is 4.58. The Bertz CT molecular complexity index is 636. The molecule has 1 aliphatic carbocycles. The molecule has 0 aromatic heterocycles. The van der Waals surface area contributed by atoms with Gasteiger partial charge in [0.2, 0.25) is 11.8 Å². The summed E-state index contributed by atoms with van der Waals surface area (Å²) < 4.78 is 5.30. The molecule has 1 aromatic carbocycles. The van der Waals surface area contributed by atoms with Gasteiger partial charge < -0.3 is 15.0 Å². The van der Waals surface area contributed by atoms with Crippen molar-refractivity contribution in [3.05, 3.63) is 28.8 Å². The minimum absolute atomic E-state index is 0.0302. The Morgan fingerprint density at radius 1 is 1.12 bits per heavy atom. The number of halogens is 1. The smallest absolute Gasteiger partial charge is 0.227 e. The minimum Gasteiger partial charge on any atom is -0.378 e. The summed E-state index contributed by atoms with van der Waals surface area (Å²) in [6.07, 6.45) is 3.07. The normalized spacial score (nSPS) is 24.0. The molecule has 5 nitrogen and oxygen atoms in total. The molecule has 1 N–H and O–H groups in total. The van der Waals surface area contributed by atoms with E-state index in [1.54, 1.807) is 6.07 Å². The van der Waals surface area contributed by atoms with Gasteiger partial charge in [0.05, 0.1) is 13.2 Å². The molecular weight excluding hydrogens is 340 g/mol. The number of carbonyl (C=O) groups excluding carboxylic acids is 2. The van der Waals surface area contributed by atoms with Crippen LogP contribution >= 0.6 is 11.6 Å². The van der Waals surface area contributed by atoms with E-state index in [4.69, 9.17) is 16.3 Å². The summed E-state index contributed by atoms with van der Waals surface area (Å²) >= 11 is 6.01. The van der Waals surface area contributed by atoms with Crippen LogP contribution in [0.25, 0.3) is 0 Å². The Morgan fingerprint density at radius 3 is 2.44 bits per heavy atom. The summed E-state index contributed by atoms with van der Waals surface area (Å²) in [5.74, 6) is 0.276. The fourth-order valence-corrected chi connectivity index (χ4v) is 3.78. The second-order valence-electron chi connectivity index (χ2n) is 6.93. The number of nitrogens with zero attached hydrogens (tertiary/aromatic N) is 1. The molecule has 0 bridgehead atoms. The molecule has 25 heavy (non-hydrogen) atoms. The van der Waals surface area contributed by atoms with Crippen molar-refractivity contribution < 1.29 is 14.3 Å². The predicted octanol–water partition coefficient (Wildman–Crippen LogP) is 3.25. The number of hydrogen-bond donors (Lipinski definition) is 1. The standard InChI is InChI=1S/C19H25ClN2O3/c1-13-2-7-16(20)12-17(13)21-18(23)14-3-5-15(6-4-14)19(24)22-8-10-25-11-9-22/h2,7,12,14-15H,3-6,8-11H2,1H3,(H,21,23). The quantitative estimate of drug-likeness (QED) is 0.895. The largest absolute Gasteiger partial charge is 0.378 e. The maximum atomic E-state index is 12.6. The highest BCUT2D eigenvalue weighted by molar-refractivity contribution is 6.31. The van der Waals surface area contributed by atoms with Crippen LogP contribution < -0.4 is 5.32 Å². The number of rotatable bonds is 3. The molecule has 1 aliphatic heterocycles. The van der Waals surface area contributed by atoms with E-state index in [1.165, 1.54) is 0 Å². The minimum atomic E-state index is -0.0351. The molecule has 136 valence electrons. The van der Waals surface area contributed by atoms with Gasteiger partial charge in [0.25, 0.3) is 0 Å². The molecule has 2 amide bonds. The Balaban J connectivity index is 1.52. The zero-order valence-electron chi connectivity index (χ0n) is 14.6. The van der Waals surface area contributed by atoms with Crippen LogP contribution in [0.5, 0.6) is 0 Å². The third kappa shape index (κ3) is 4.53. The van der Waals surface area contributed by atoms with E-state index in [2.05, 4.69) is 5.32 Å². The van der Waals surface area contributed by atoms with E-state index in [9.17, 15) is 9.59 Å². The molecular formula is C19H25ClN2O3. The highest BCUT2D eigenvalue weighted by atomic mass is 35.5. The average Bonchev–Trinajstić information content (AvgIpc) is 2.65. The molecule has 0 spiro atoms. The van der Waals surface area contributed by atoms with Crippen molar-refractivity contribution in [2.45, 2.75) is 32.6 Å². The van der Waals surface area contributed by atoms with Crippen molar-refractivity contribution in [1.82, 2.24) is 4.90 Å². The van der Waals surface area contributed by atoms with E-state index in [0.717, 1.165) is 36.9 Å². The highest BCUT2D eigenvalue weighted by Gasteiger charge is 2.32. The third-order valence-corrected chi connectivity index (χ3v) is 5.46. The number of aryl methyl sites for hydroxylation is 1. The Hall–Kier alpha value is -1.59. The van der Waals surface area contributed by atoms with Crippen LogP contribution in [-0.4, -0.2) is 43.0 Å². The van der Waals surface area contributed by atoms with Crippen LogP contribution in [-0.2, 0) is 14.3 Å². The molecule has 1 saturated heterocycles. The number of morpholine rings is 1. The van der Waals surface area contributed by atoms with Gasteiger partial charge in [0.15, 0.2) is 0 Å². The van der Waals surface area contributed by atoms with Gasteiger partial charge in [-0.3, -0.25) is 9.59 Å². The Labute approximate surface area is 153 Å². The third-order valence-electron chi connectivity index (χ3n) is 5.23. The van der Waals surface area contributed by atoms with E-state index >= 15 is 0 Å². The molecule has 2 fully saturated rings. The number of carbonyl (C=O) groups is 2. The van der Waals surface area contributed by atoms with Crippen LogP contribution in [0.2, 0.25) is 5.02 Å². The number of anilines is 1. The van der Waals surface area contributed by atoms with Gasteiger partial charge >= 0.3 is 0 Å². The van der Waals surface area contributed by atoms with Gasteiger partial charge in [0, 0.05) is 35.6 Å². The average molecular weight is 365 g/mol. The molecule has 6 heteroatoms. The van der Waals surface area contributed by atoms with Crippen molar-refractivity contribution >= 4 is 29.1 Å². The monoisotopic (exact) mass is 364 g/mol. The summed E-state index contributed by atoms with van der Waals surface area (Å²) in [4.78, 5) is 27.0. The van der Waals surface area contributed by atoms with Crippen molar-refractivity contribution in [2.75, 3.05) is 31.6 Å². The first kappa shape index (κ1) is 18.2. The van der Waals surface area contributed by atoms with E-state index in [0.29, 0.717) is 31.3 Å². The maximum Gasteiger partial charge on any atom is 0.227 e. The van der Waals surface area contributed by atoms with Crippen LogP contribution in [0, 0.1) is 18.8 Å². The lowest BCUT2D eigenvalue weighted by molar-refractivity contribution is -0.141. The van der Waals surface area contributed by atoms with E-state index in [-0.39, 0.29) is 23.7 Å². The maximum absolute atomic E-state index is 12.6. The second kappa shape index (κ2) is 8.19. The van der Waals surface area contributed by atoms with E-state index in [1.807, 2.05) is 24.0 Å². The van der Waals surface area contributed by atoms with Gasteiger partial charge in [0.1, 0.15) is 0 Å². The van der Waals surface area contributed by atoms with Crippen molar-refractivity contribution in [3.63, 3.8) is 0 Å². The van der Waals surface area contributed by atoms with Gasteiger partial charge in [-0.1, -0.05) is 17.7 Å². The molecule has 0 atom stereocenters. The van der Waals surface area contributed by atoms with Crippen LogP contribution in [0.1, 0.15) is 31.2 Å². The van der Waals surface area contributed by atoms with Crippen LogP contribution in [0.3, 0.4) is 0 Å². The lowest BCUT2D eigenvalue weighted by Crippen LogP contribution is -2.44. The fourth-order valence-electron chi connectivity index (χ4n) is 3.61. The second-order valence-corrected chi connectivity index (χ2v) is 7.37. The molecule has 0 radical (unpaired) electrons. The predicted molar refractivity (Wildman–Crippen MR) is 97.7 cm³/mol. The lowest BCUT2D eigenvalue weighted by Gasteiger charge is -2.33. The molecule has 0 unspecified atom stereocenters. The highest BCUT2D eigenvalue weighted by Crippen LogP contribution is 2.31. The van der Waals surface area contributed by atoms with Crippen LogP contribution in [0.15, 0.2) is 18.2 Å². The number of hydrogen-bond acceptors (Lipinski definition) is 3. The first-order valence-electron chi connectivity index (χ1n) is 8.98. The summed E-state index contributed by atoms with van der Waals surface area (Å²) in [5, 5.41) is 3.60. The molecule has 1 heterocycles. The number of nitrogens with one attached hydrogen (secondary N) is 1. The topological polar surface area (TPSA) is 58.6 Å². The Morgan fingerprint density at radius 2 is 1.76 bits per heavy atom. The zero-order valence-corrected chi connectivity index (χ0v) is 15.3. The lowest BCUT2D eigenvalue weighted by atomic mass is 9.80. The van der Waals surface area contributed by atoms with Gasteiger partial charge in [-0.2, -0.15) is 0 Å². The molecule has 1 aromatic rings. The van der Waals surface area contributed by atoms with E-state index < -0.39 is 0 Å². The van der Waals surface area contributed by atoms with Gasteiger partial charge in [-0.05, 0) is 50.3 Å². The van der Waals surface area contributed by atoms with Crippen molar-refractivity contribution in [2.24, 2.45) is 11.8 Å². The molecule has 3 rings (SSSR count). The van der Waals surface area contributed by atoms with Crippen molar-refractivity contribution in [1.29, 1.82) is 0 Å². The van der Waals surface area contributed by atoms with Gasteiger partial charge in [-0.15, -0.1) is 0 Å². The number of ether oxygens (including phenoxy) is 1. The molecule has 2 aliphatic rings. The summed E-state index contributed by atoms with van der Waals surface area (Å²) in [7, 11) is 0. The Kier molecular flexibility index (Phi) is 5.97. The zero-order chi connectivity index (χ0) is 17.8. The first-order chi connectivity index (χ1) is 12.0. The number of benzene rings is 1. The summed E-state index contributed by atoms with van der Waals surface area (Å²) in [6, 6.07) is 5.49. The van der Waals surface area contributed by atoms with Crippen LogP contribution in [0.4, 0.5) is 5.69 Å². The SMILES string of the molecule is Cc1ccc(Cl)cc1NC(=O)C1CCC(C(=O)N2CCOCC2)CC1. The molecule has 1 saturated carbocycles. The number of amides is 2. The van der Waals surface area contributed by atoms with Crippen molar-refractivity contribution in [3.8, 4) is 0 Å². The fraction of sp³-hybridized carbons (Fsp3) is 0.579.